The van der Waals surface area contributed by atoms with Gasteiger partial charge >= 0.3 is 5.97 Å². The molecular weight excluding hydrogens is 254 g/mol. The summed E-state index contributed by atoms with van der Waals surface area (Å²) in [6.07, 6.45) is 1.49. The van der Waals surface area contributed by atoms with Gasteiger partial charge in [0, 0.05) is 19.0 Å². The number of hydrogen-bond acceptors (Lipinski definition) is 2. The second-order valence-corrected chi connectivity index (χ2v) is 5.91. The number of carbonyl (C=O) groups is 2. The quantitative estimate of drug-likeness (QED) is 0.916. The molecule has 3 atom stereocenters. The molecule has 1 heterocycles. The van der Waals surface area contributed by atoms with E-state index in [0.29, 0.717) is 25.4 Å². The van der Waals surface area contributed by atoms with Gasteiger partial charge in [0.2, 0.25) is 5.91 Å². The van der Waals surface area contributed by atoms with Crippen LogP contribution in [-0.4, -0.2) is 35.0 Å². The summed E-state index contributed by atoms with van der Waals surface area (Å²) in [5.41, 5.74) is 2.50. The fourth-order valence-corrected chi connectivity index (χ4v) is 3.21. The van der Waals surface area contributed by atoms with Gasteiger partial charge in [-0.1, -0.05) is 24.3 Å². The average molecular weight is 273 g/mol. The fourth-order valence-electron chi connectivity index (χ4n) is 3.21. The van der Waals surface area contributed by atoms with Crippen LogP contribution in [0.25, 0.3) is 0 Å². The van der Waals surface area contributed by atoms with Gasteiger partial charge in [-0.05, 0) is 36.8 Å². The van der Waals surface area contributed by atoms with Crippen molar-refractivity contribution in [3.8, 4) is 0 Å². The molecule has 1 aromatic carbocycles. The minimum absolute atomic E-state index is 0.0589. The predicted octanol–water partition coefficient (Wildman–Crippen LogP) is 2.03. The summed E-state index contributed by atoms with van der Waals surface area (Å²) in [5.74, 6) is -0.639. The third-order valence-electron chi connectivity index (χ3n) is 4.54. The van der Waals surface area contributed by atoms with Gasteiger partial charge in [0.25, 0.3) is 0 Å². The number of rotatable bonds is 3. The third-order valence-corrected chi connectivity index (χ3v) is 4.54. The molecule has 0 spiro atoms. The van der Waals surface area contributed by atoms with Gasteiger partial charge in [-0.2, -0.15) is 0 Å². The molecule has 106 valence electrons. The number of carboxylic acid groups (broad SMARTS) is 1. The maximum Gasteiger partial charge on any atom is 0.308 e. The van der Waals surface area contributed by atoms with E-state index in [4.69, 9.17) is 5.11 Å². The van der Waals surface area contributed by atoms with E-state index in [1.807, 2.05) is 12.1 Å². The Morgan fingerprint density at radius 1 is 1.30 bits per heavy atom. The number of carbonyl (C=O) groups excluding carboxylic acids is 1. The molecule has 20 heavy (non-hydrogen) atoms. The number of aliphatic carboxylic acids is 1. The van der Waals surface area contributed by atoms with Crippen LogP contribution in [0.1, 0.15) is 29.9 Å². The zero-order valence-electron chi connectivity index (χ0n) is 11.6. The van der Waals surface area contributed by atoms with E-state index in [1.54, 1.807) is 4.90 Å². The highest BCUT2D eigenvalue weighted by atomic mass is 16.4. The highest BCUT2D eigenvalue weighted by Gasteiger charge is 2.47. The third kappa shape index (κ3) is 2.30. The van der Waals surface area contributed by atoms with Gasteiger partial charge in [0.05, 0.1) is 5.92 Å². The standard InChI is InChI=1S/C16H19NO3/c1-10-4-2-3-5-12(10)13-8-14(13)15(18)17-7-6-11(9-17)16(19)20/h2-5,11,13-14H,6-9H2,1H3,(H,19,20). The van der Waals surface area contributed by atoms with Gasteiger partial charge in [-0.25, -0.2) is 0 Å². The zero-order chi connectivity index (χ0) is 14.3. The summed E-state index contributed by atoms with van der Waals surface area (Å²) >= 11 is 0. The second kappa shape index (κ2) is 4.93. The lowest BCUT2D eigenvalue weighted by Gasteiger charge is -2.16. The van der Waals surface area contributed by atoms with Crippen molar-refractivity contribution in [3.05, 3.63) is 35.4 Å². The van der Waals surface area contributed by atoms with Crippen LogP contribution in [0.3, 0.4) is 0 Å². The summed E-state index contributed by atoms with van der Waals surface area (Å²) < 4.78 is 0. The second-order valence-electron chi connectivity index (χ2n) is 5.91. The Kier molecular flexibility index (Phi) is 3.24. The van der Waals surface area contributed by atoms with E-state index >= 15 is 0 Å². The van der Waals surface area contributed by atoms with Crippen molar-refractivity contribution in [3.63, 3.8) is 0 Å². The lowest BCUT2D eigenvalue weighted by Crippen LogP contribution is -2.31. The van der Waals surface area contributed by atoms with Gasteiger partial charge in [0.1, 0.15) is 0 Å². The van der Waals surface area contributed by atoms with E-state index < -0.39 is 5.97 Å². The molecule has 4 nitrogen and oxygen atoms in total. The van der Waals surface area contributed by atoms with Crippen LogP contribution in [0.2, 0.25) is 0 Å². The van der Waals surface area contributed by atoms with Crippen molar-refractivity contribution < 1.29 is 14.7 Å². The SMILES string of the molecule is Cc1ccccc1C1CC1C(=O)N1CCC(C(=O)O)C1. The Hall–Kier alpha value is -1.84. The van der Waals surface area contributed by atoms with E-state index in [-0.39, 0.29) is 17.7 Å². The van der Waals surface area contributed by atoms with Gasteiger partial charge in [-0.3, -0.25) is 9.59 Å². The van der Waals surface area contributed by atoms with Gasteiger partial charge in [-0.15, -0.1) is 0 Å². The summed E-state index contributed by atoms with van der Waals surface area (Å²) in [6, 6.07) is 8.19. The first-order chi connectivity index (χ1) is 9.58. The van der Waals surface area contributed by atoms with Crippen LogP contribution in [0, 0.1) is 18.8 Å². The minimum atomic E-state index is -0.786. The first-order valence-corrected chi connectivity index (χ1v) is 7.15. The number of benzene rings is 1. The molecule has 1 saturated heterocycles. The minimum Gasteiger partial charge on any atom is -0.481 e. The van der Waals surface area contributed by atoms with Crippen molar-refractivity contribution in [1.29, 1.82) is 0 Å². The van der Waals surface area contributed by atoms with Crippen molar-refractivity contribution in [1.82, 2.24) is 4.90 Å². The maximum atomic E-state index is 12.4. The predicted molar refractivity (Wildman–Crippen MR) is 74.3 cm³/mol. The van der Waals surface area contributed by atoms with Gasteiger partial charge < -0.3 is 10.0 Å². The van der Waals surface area contributed by atoms with Crippen LogP contribution >= 0.6 is 0 Å². The number of nitrogens with zero attached hydrogens (tertiary/aromatic N) is 1. The summed E-state index contributed by atoms with van der Waals surface area (Å²) in [6.45, 7) is 3.05. The Labute approximate surface area is 118 Å². The molecule has 3 rings (SSSR count). The molecule has 1 amide bonds. The number of carboxylic acids is 1. The van der Waals surface area contributed by atoms with Crippen molar-refractivity contribution in [2.45, 2.75) is 25.7 Å². The molecule has 0 bridgehead atoms. The normalized spacial score (nSPS) is 28.4. The molecule has 4 heteroatoms. The van der Waals surface area contributed by atoms with Crippen LogP contribution in [-0.2, 0) is 9.59 Å². The lowest BCUT2D eigenvalue weighted by atomic mass is 10.0. The molecule has 1 saturated carbocycles. The largest absolute Gasteiger partial charge is 0.481 e. The first kappa shape index (κ1) is 13.2. The highest BCUT2D eigenvalue weighted by Crippen LogP contribution is 2.49. The first-order valence-electron chi connectivity index (χ1n) is 7.15. The monoisotopic (exact) mass is 273 g/mol. The van der Waals surface area contributed by atoms with Crippen molar-refractivity contribution in [2.75, 3.05) is 13.1 Å². The average Bonchev–Trinajstić information content (AvgIpc) is 3.05. The lowest BCUT2D eigenvalue weighted by molar-refractivity contribution is -0.141. The molecule has 1 aliphatic carbocycles. The smallest absolute Gasteiger partial charge is 0.308 e. The number of likely N-dealkylation sites (tertiary alicyclic amines) is 1. The molecular formula is C16H19NO3. The van der Waals surface area contributed by atoms with Crippen LogP contribution in [0.5, 0.6) is 0 Å². The molecule has 0 aromatic heterocycles. The van der Waals surface area contributed by atoms with Crippen LogP contribution in [0.4, 0.5) is 0 Å². The van der Waals surface area contributed by atoms with Crippen LogP contribution in [0.15, 0.2) is 24.3 Å². The number of hydrogen-bond donors (Lipinski definition) is 1. The fraction of sp³-hybridized carbons (Fsp3) is 0.500. The van der Waals surface area contributed by atoms with E-state index in [9.17, 15) is 9.59 Å². The zero-order valence-corrected chi connectivity index (χ0v) is 11.6. The van der Waals surface area contributed by atoms with Crippen LogP contribution < -0.4 is 0 Å². The van der Waals surface area contributed by atoms with Gasteiger partial charge in [0.15, 0.2) is 0 Å². The molecule has 1 aliphatic heterocycles. The molecule has 3 unspecified atom stereocenters. The van der Waals surface area contributed by atoms with E-state index in [0.717, 1.165) is 6.42 Å². The van der Waals surface area contributed by atoms with E-state index in [1.165, 1.54) is 11.1 Å². The molecule has 2 fully saturated rings. The van der Waals surface area contributed by atoms with Crippen molar-refractivity contribution >= 4 is 11.9 Å². The molecule has 1 N–H and O–H groups in total. The molecule has 2 aliphatic rings. The highest BCUT2D eigenvalue weighted by molar-refractivity contribution is 5.84. The Bertz CT molecular complexity index is 554. The molecule has 1 aromatic rings. The van der Waals surface area contributed by atoms with Crippen molar-refractivity contribution in [2.24, 2.45) is 11.8 Å². The molecule has 0 radical (unpaired) electrons. The summed E-state index contributed by atoms with van der Waals surface area (Å²) in [7, 11) is 0. The summed E-state index contributed by atoms with van der Waals surface area (Å²) in [5, 5.41) is 9.00. The Balaban J connectivity index is 1.64. The maximum absolute atomic E-state index is 12.4. The Morgan fingerprint density at radius 2 is 2.05 bits per heavy atom. The Morgan fingerprint density at radius 3 is 2.70 bits per heavy atom. The summed E-state index contributed by atoms with van der Waals surface area (Å²) in [4.78, 5) is 25.1. The topological polar surface area (TPSA) is 57.6 Å². The number of aryl methyl sites for hydroxylation is 1. The van der Waals surface area contributed by atoms with E-state index in [2.05, 4.69) is 19.1 Å². The number of amides is 1.